The first-order valence-corrected chi connectivity index (χ1v) is 7.52. The van der Waals surface area contributed by atoms with E-state index in [9.17, 15) is 0 Å². The van der Waals surface area contributed by atoms with Crippen molar-refractivity contribution in [1.29, 1.82) is 0 Å². The Morgan fingerprint density at radius 3 is 3.06 bits per heavy atom. The molecule has 2 aliphatic heterocycles. The third-order valence-corrected chi connectivity index (χ3v) is 4.42. The summed E-state index contributed by atoms with van der Waals surface area (Å²) < 4.78 is 5.32. The Morgan fingerprint density at radius 2 is 2.28 bits per heavy atom. The fourth-order valence-electron chi connectivity index (χ4n) is 3.49. The number of hydrogen-bond donors (Lipinski definition) is 2. The first-order valence-electron chi connectivity index (χ1n) is 7.52. The van der Waals surface area contributed by atoms with Crippen LogP contribution in [0.4, 0.5) is 0 Å². The van der Waals surface area contributed by atoms with Gasteiger partial charge in [-0.2, -0.15) is 0 Å². The van der Waals surface area contributed by atoms with E-state index < -0.39 is 0 Å². The maximum absolute atomic E-state index is 5.60. The van der Waals surface area contributed by atoms with E-state index in [0.717, 1.165) is 32.0 Å². The lowest BCUT2D eigenvalue weighted by molar-refractivity contribution is 0.126. The molecule has 3 atom stereocenters. The van der Waals surface area contributed by atoms with Gasteiger partial charge in [-0.05, 0) is 58.2 Å². The Hall–Kier alpha value is -0.160. The van der Waals surface area contributed by atoms with Crippen molar-refractivity contribution in [2.24, 2.45) is 5.73 Å². The molecule has 3 N–H and O–H groups in total. The minimum absolute atomic E-state index is 0.483. The molecule has 0 aliphatic carbocycles. The molecule has 4 nitrogen and oxygen atoms in total. The van der Waals surface area contributed by atoms with Gasteiger partial charge in [-0.1, -0.05) is 0 Å². The van der Waals surface area contributed by atoms with Crippen molar-refractivity contribution in [1.82, 2.24) is 10.2 Å². The number of nitrogens with zero attached hydrogens (tertiary/aromatic N) is 1. The molecule has 3 unspecified atom stereocenters. The van der Waals surface area contributed by atoms with Gasteiger partial charge in [0.05, 0.1) is 6.61 Å². The Labute approximate surface area is 111 Å². The predicted molar refractivity (Wildman–Crippen MR) is 74.7 cm³/mol. The van der Waals surface area contributed by atoms with Gasteiger partial charge < -0.3 is 20.7 Å². The van der Waals surface area contributed by atoms with Crippen molar-refractivity contribution >= 4 is 0 Å². The number of piperidine rings is 1. The highest BCUT2D eigenvalue weighted by Gasteiger charge is 2.32. The number of nitrogens with two attached hydrogens (primary N) is 1. The van der Waals surface area contributed by atoms with Crippen molar-refractivity contribution < 1.29 is 4.74 Å². The van der Waals surface area contributed by atoms with Crippen molar-refractivity contribution in [2.45, 2.75) is 56.7 Å². The molecule has 0 bridgehead atoms. The quantitative estimate of drug-likeness (QED) is 0.711. The minimum atomic E-state index is 0.483. The fraction of sp³-hybridized carbons (Fsp3) is 1.00. The molecule has 2 heterocycles. The van der Waals surface area contributed by atoms with Crippen LogP contribution in [0.2, 0.25) is 0 Å². The number of ether oxygens (including phenoxy) is 1. The highest BCUT2D eigenvalue weighted by Crippen LogP contribution is 2.27. The second kappa shape index (κ2) is 7.43. The summed E-state index contributed by atoms with van der Waals surface area (Å²) in [5, 5.41) is 3.80. The summed E-state index contributed by atoms with van der Waals surface area (Å²) in [6.07, 6.45) is 7.63. The van der Waals surface area contributed by atoms with E-state index in [2.05, 4.69) is 10.2 Å². The average Bonchev–Trinajstić information content (AvgIpc) is 2.83. The zero-order valence-corrected chi connectivity index (χ0v) is 11.7. The molecule has 0 amide bonds. The average molecular weight is 255 g/mol. The predicted octanol–water partition coefficient (Wildman–Crippen LogP) is 0.957. The molecule has 2 fully saturated rings. The third kappa shape index (κ3) is 3.92. The van der Waals surface area contributed by atoms with Crippen LogP contribution in [0.1, 0.15) is 38.5 Å². The van der Waals surface area contributed by atoms with Crippen LogP contribution in [0, 0.1) is 0 Å². The molecule has 0 aromatic rings. The molecule has 0 aromatic carbocycles. The van der Waals surface area contributed by atoms with Gasteiger partial charge in [0.25, 0.3) is 0 Å². The van der Waals surface area contributed by atoms with E-state index in [-0.39, 0.29) is 0 Å². The molecule has 2 rings (SSSR count). The van der Waals surface area contributed by atoms with Crippen LogP contribution in [0.3, 0.4) is 0 Å². The SMILES string of the molecule is COCC(CCCN)NC1CCN2CCCC2C1. The van der Waals surface area contributed by atoms with Gasteiger partial charge in [-0.3, -0.25) is 0 Å². The van der Waals surface area contributed by atoms with E-state index >= 15 is 0 Å². The maximum Gasteiger partial charge on any atom is 0.0615 e. The van der Waals surface area contributed by atoms with Gasteiger partial charge in [0.15, 0.2) is 0 Å². The van der Waals surface area contributed by atoms with Crippen LogP contribution in [-0.2, 0) is 4.74 Å². The molecule has 0 saturated carbocycles. The van der Waals surface area contributed by atoms with Crippen LogP contribution < -0.4 is 11.1 Å². The molecule has 2 saturated heterocycles. The number of nitrogens with one attached hydrogen (secondary N) is 1. The van der Waals surface area contributed by atoms with E-state index in [0.29, 0.717) is 12.1 Å². The lowest BCUT2D eigenvalue weighted by Gasteiger charge is -2.37. The topological polar surface area (TPSA) is 50.5 Å². The molecule has 18 heavy (non-hydrogen) atoms. The number of methoxy groups -OCH3 is 1. The summed E-state index contributed by atoms with van der Waals surface area (Å²) in [5.41, 5.74) is 5.60. The fourth-order valence-corrected chi connectivity index (χ4v) is 3.49. The summed E-state index contributed by atoms with van der Waals surface area (Å²) in [6, 6.07) is 2.01. The Kier molecular flexibility index (Phi) is 5.89. The van der Waals surface area contributed by atoms with E-state index in [1.165, 1.54) is 38.8 Å². The van der Waals surface area contributed by atoms with Crippen molar-refractivity contribution in [3.63, 3.8) is 0 Å². The third-order valence-electron chi connectivity index (χ3n) is 4.42. The molecule has 2 aliphatic rings. The molecule has 0 aromatic heterocycles. The van der Waals surface area contributed by atoms with Crippen LogP contribution in [0.5, 0.6) is 0 Å². The smallest absolute Gasteiger partial charge is 0.0615 e. The Morgan fingerprint density at radius 1 is 1.39 bits per heavy atom. The summed E-state index contributed by atoms with van der Waals surface area (Å²) in [7, 11) is 1.79. The van der Waals surface area contributed by atoms with Gasteiger partial charge in [0, 0.05) is 25.2 Å². The van der Waals surface area contributed by atoms with Gasteiger partial charge in [0.1, 0.15) is 0 Å². The molecule has 106 valence electrons. The van der Waals surface area contributed by atoms with Crippen LogP contribution in [-0.4, -0.2) is 56.4 Å². The molecule has 0 radical (unpaired) electrons. The van der Waals surface area contributed by atoms with Crippen LogP contribution >= 0.6 is 0 Å². The number of rotatable bonds is 7. The van der Waals surface area contributed by atoms with E-state index in [4.69, 9.17) is 10.5 Å². The zero-order chi connectivity index (χ0) is 12.8. The van der Waals surface area contributed by atoms with Crippen molar-refractivity contribution in [3.05, 3.63) is 0 Å². The summed E-state index contributed by atoms with van der Waals surface area (Å²) in [4.78, 5) is 2.67. The first kappa shape index (κ1) is 14.3. The highest BCUT2D eigenvalue weighted by atomic mass is 16.5. The lowest BCUT2D eigenvalue weighted by Crippen LogP contribution is -2.49. The zero-order valence-electron chi connectivity index (χ0n) is 11.7. The summed E-state index contributed by atoms with van der Waals surface area (Å²) in [6.45, 7) is 4.19. The lowest BCUT2D eigenvalue weighted by atomic mass is 9.96. The van der Waals surface area contributed by atoms with Gasteiger partial charge >= 0.3 is 0 Å². The Bertz CT molecular complexity index is 237. The second-order valence-corrected chi connectivity index (χ2v) is 5.80. The van der Waals surface area contributed by atoms with Crippen molar-refractivity contribution in [2.75, 3.05) is 33.4 Å². The Balaban J connectivity index is 1.75. The standard InChI is InChI=1S/C14H29N3O/c1-18-11-13(4-2-7-15)16-12-6-9-17-8-3-5-14(17)10-12/h12-14,16H,2-11,15H2,1H3. The largest absolute Gasteiger partial charge is 0.383 e. The molecule has 4 heteroatoms. The number of fused-ring (bicyclic) bond motifs is 1. The van der Waals surface area contributed by atoms with Crippen molar-refractivity contribution in [3.8, 4) is 0 Å². The summed E-state index contributed by atoms with van der Waals surface area (Å²) in [5.74, 6) is 0. The van der Waals surface area contributed by atoms with Gasteiger partial charge in [0.2, 0.25) is 0 Å². The van der Waals surface area contributed by atoms with Gasteiger partial charge in [-0.25, -0.2) is 0 Å². The minimum Gasteiger partial charge on any atom is -0.383 e. The monoisotopic (exact) mass is 255 g/mol. The van der Waals surface area contributed by atoms with Gasteiger partial charge in [-0.15, -0.1) is 0 Å². The maximum atomic E-state index is 5.60. The number of hydrogen-bond acceptors (Lipinski definition) is 4. The normalized spacial score (nSPS) is 30.3. The highest BCUT2D eigenvalue weighted by molar-refractivity contribution is 4.90. The molecular formula is C14H29N3O. The summed E-state index contributed by atoms with van der Waals surface area (Å²) >= 11 is 0. The van der Waals surface area contributed by atoms with Crippen LogP contribution in [0.15, 0.2) is 0 Å². The first-order chi connectivity index (χ1) is 8.83. The second-order valence-electron chi connectivity index (χ2n) is 5.80. The van der Waals surface area contributed by atoms with E-state index in [1.54, 1.807) is 7.11 Å². The molecule has 0 spiro atoms. The van der Waals surface area contributed by atoms with E-state index in [1.807, 2.05) is 0 Å². The van der Waals surface area contributed by atoms with Crippen LogP contribution in [0.25, 0.3) is 0 Å². The molecular weight excluding hydrogens is 226 g/mol.